The first kappa shape index (κ1) is 13.4. The van der Waals surface area contributed by atoms with Gasteiger partial charge in [-0.3, -0.25) is 4.79 Å². The fourth-order valence-electron chi connectivity index (χ4n) is 1.17. The third kappa shape index (κ3) is 3.71. The highest BCUT2D eigenvalue weighted by molar-refractivity contribution is 14.1. The van der Waals surface area contributed by atoms with Gasteiger partial charge < -0.3 is 10.2 Å². The summed E-state index contributed by atoms with van der Waals surface area (Å²) in [6.45, 7) is 1.24. The maximum Gasteiger partial charge on any atom is 0.254 e. The molecule has 1 aromatic rings. The summed E-state index contributed by atoms with van der Waals surface area (Å²) in [5, 5.41) is 2.67. The van der Waals surface area contributed by atoms with Crippen LogP contribution in [0.2, 0.25) is 0 Å². The first-order valence-electron chi connectivity index (χ1n) is 4.89. The second kappa shape index (κ2) is 6.15. The molecule has 5 heteroatoms. The monoisotopic (exact) mass is 336 g/mol. The molecule has 0 saturated heterocycles. The van der Waals surface area contributed by atoms with Crippen molar-refractivity contribution in [3.63, 3.8) is 0 Å². The number of likely N-dealkylation sites (N-methyl/N-ethyl adjacent to an activating group) is 1. The van der Waals surface area contributed by atoms with Crippen molar-refractivity contribution in [2.45, 2.75) is 0 Å². The van der Waals surface area contributed by atoms with Gasteiger partial charge in [0.15, 0.2) is 0 Å². The Balaban J connectivity index is 2.63. The van der Waals surface area contributed by atoms with Crippen molar-refractivity contribution >= 4 is 28.5 Å². The molecule has 0 heterocycles. The van der Waals surface area contributed by atoms with E-state index in [-0.39, 0.29) is 11.5 Å². The molecular weight excluding hydrogens is 322 g/mol. The van der Waals surface area contributed by atoms with Crippen LogP contribution in [0.5, 0.6) is 0 Å². The van der Waals surface area contributed by atoms with Gasteiger partial charge in [-0.15, -0.1) is 0 Å². The highest BCUT2D eigenvalue weighted by Crippen LogP contribution is 2.14. The zero-order valence-corrected chi connectivity index (χ0v) is 11.4. The van der Waals surface area contributed by atoms with Crippen LogP contribution in [0.3, 0.4) is 0 Å². The van der Waals surface area contributed by atoms with Gasteiger partial charge in [0.05, 0.1) is 5.56 Å². The molecule has 88 valence electrons. The molecule has 0 aliphatic carbocycles. The van der Waals surface area contributed by atoms with Crippen molar-refractivity contribution in [3.05, 3.63) is 33.1 Å². The lowest BCUT2D eigenvalue weighted by atomic mass is 10.2. The van der Waals surface area contributed by atoms with E-state index < -0.39 is 5.82 Å². The minimum Gasteiger partial charge on any atom is -0.351 e. The number of benzene rings is 1. The van der Waals surface area contributed by atoms with Crippen LogP contribution < -0.4 is 5.32 Å². The van der Waals surface area contributed by atoms with Crippen LogP contribution in [0.25, 0.3) is 0 Å². The van der Waals surface area contributed by atoms with Crippen molar-refractivity contribution in [1.82, 2.24) is 10.2 Å². The SMILES string of the molecule is CN(C)CCNC(=O)c1cccc(I)c1F. The molecule has 1 amide bonds. The third-order valence-electron chi connectivity index (χ3n) is 2.04. The number of carbonyl (C=O) groups excluding carboxylic acids is 1. The number of rotatable bonds is 4. The smallest absolute Gasteiger partial charge is 0.254 e. The number of halogens is 2. The average Bonchev–Trinajstić information content (AvgIpc) is 2.21. The largest absolute Gasteiger partial charge is 0.351 e. The molecule has 0 saturated carbocycles. The fraction of sp³-hybridized carbons (Fsp3) is 0.364. The summed E-state index contributed by atoms with van der Waals surface area (Å²) < 4.78 is 14.0. The van der Waals surface area contributed by atoms with Crippen molar-refractivity contribution in [2.75, 3.05) is 27.2 Å². The number of nitrogens with zero attached hydrogens (tertiary/aromatic N) is 1. The average molecular weight is 336 g/mol. The molecule has 0 aromatic heterocycles. The minimum absolute atomic E-state index is 0.102. The Bertz CT molecular complexity index is 382. The Morgan fingerprint density at radius 2 is 2.19 bits per heavy atom. The van der Waals surface area contributed by atoms with Crippen LogP contribution in [0, 0.1) is 9.39 Å². The van der Waals surface area contributed by atoms with Crippen LogP contribution in [0.4, 0.5) is 4.39 Å². The Kier molecular flexibility index (Phi) is 5.14. The lowest BCUT2D eigenvalue weighted by Crippen LogP contribution is -2.31. The topological polar surface area (TPSA) is 32.3 Å². The predicted molar refractivity (Wildman–Crippen MR) is 70.0 cm³/mol. The van der Waals surface area contributed by atoms with Crippen molar-refractivity contribution in [1.29, 1.82) is 0 Å². The molecule has 0 aliphatic rings. The molecule has 0 fully saturated rings. The van der Waals surface area contributed by atoms with Crippen LogP contribution in [0.15, 0.2) is 18.2 Å². The number of hydrogen-bond acceptors (Lipinski definition) is 2. The highest BCUT2D eigenvalue weighted by atomic mass is 127. The van der Waals surface area contributed by atoms with E-state index in [0.717, 1.165) is 6.54 Å². The van der Waals surface area contributed by atoms with Crippen LogP contribution in [-0.2, 0) is 0 Å². The number of amides is 1. The maximum atomic E-state index is 13.6. The van der Waals surface area contributed by atoms with E-state index in [1.807, 2.05) is 41.6 Å². The second-order valence-corrected chi connectivity index (χ2v) is 4.82. The normalized spacial score (nSPS) is 10.6. The molecule has 0 atom stereocenters. The Labute approximate surface area is 108 Å². The lowest BCUT2D eigenvalue weighted by Gasteiger charge is -2.10. The van der Waals surface area contributed by atoms with Gasteiger partial charge in [-0.25, -0.2) is 4.39 Å². The quantitative estimate of drug-likeness (QED) is 0.850. The summed E-state index contributed by atoms with van der Waals surface area (Å²) in [6, 6.07) is 4.79. The Hall–Kier alpha value is -0.690. The molecule has 0 bridgehead atoms. The standard InChI is InChI=1S/C11H14FIN2O/c1-15(2)7-6-14-11(16)8-4-3-5-9(13)10(8)12/h3-5H,6-7H2,1-2H3,(H,14,16). The minimum atomic E-state index is -0.453. The molecule has 0 unspecified atom stereocenters. The Morgan fingerprint density at radius 1 is 1.50 bits per heavy atom. The summed E-state index contributed by atoms with van der Waals surface area (Å²) in [5.41, 5.74) is 0.102. The van der Waals surface area contributed by atoms with Crippen LogP contribution in [-0.4, -0.2) is 38.0 Å². The molecule has 0 aliphatic heterocycles. The van der Waals surface area contributed by atoms with Gasteiger partial charge in [0.1, 0.15) is 5.82 Å². The summed E-state index contributed by atoms with van der Waals surface area (Å²) >= 11 is 1.87. The van der Waals surface area contributed by atoms with E-state index in [9.17, 15) is 9.18 Å². The molecule has 3 nitrogen and oxygen atoms in total. The maximum absolute atomic E-state index is 13.6. The Morgan fingerprint density at radius 3 is 2.81 bits per heavy atom. The van der Waals surface area contributed by atoms with E-state index in [1.165, 1.54) is 6.07 Å². The summed E-state index contributed by atoms with van der Waals surface area (Å²) in [4.78, 5) is 13.6. The highest BCUT2D eigenvalue weighted by Gasteiger charge is 2.12. The van der Waals surface area contributed by atoms with Gasteiger partial charge in [-0.1, -0.05) is 6.07 Å². The van der Waals surface area contributed by atoms with Gasteiger partial charge in [-0.05, 0) is 48.8 Å². The van der Waals surface area contributed by atoms with Crippen molar-refractivity contribution < 1.29 is 9.18 Å². The fourth-order valence-corrected chi connectivity index (χ4v) is 1.67. The summed E-state index contributed by atoms with van der Waals surface area (Å²) in [6.07, 6.45) is 0. The van der Waals surface area contributed by atoms with Gasteiger partial charge in [0, 0.05) is 16.7 Å². The first-order valence-corrected chi connectivity index (χ1v) is 5.97. The van der Waals surface area contributed by atoms with E-state index in [4.69, 9.17) is 0 Å². The number of nitrogens with one attached hydrogen (secondary N) is 1. The summed E-state index contributed by atoms with van der Waals surface area (Å²) in [5.74, 6) is -0.816. The van der Waals surface area contributed by atoms with Crippen molar-refractivity contribution in [2.24, 2.45) is 0 Å². The van der Waals surface area contributed by atoms with Gasteiger partial charge in [0.25, 0.3) is 5.91 Å². The molecule has 1 rings (SSSR count). The van der Waals surface area contributed by atoms with E-state index in [1.54, 1.807) is 12.1 Å². The van der Waals surface area contributed by atoms with Gasteiger partial charge >= 0.3 is 0 Å². The molecule has 0 spiro atoms. The van der Waals surface area contributed by atoms with E-state index in [2.05, 4.69) is 5.32 Å². The third-order valence-corrected chi connectivity index (χ3v) is 2.87. The lowest BCUT2D eigenvalue weighted by molar-refractivity contribution is 0.0947. The van der Waals surface area contributed by atoms with Crippen molar-refractivity contribution in [3.8, 4) is 0 Å². The zero-order chi connectivity index (χ0) is 12.1. The molecular formula is C11H14FIN2O. The number of carbonyl (C=O) groups is 1. The van der Waals surface area contributed by atoms with Crippen LogP contribution in [0.1, 0.15) is 10.4 Å². The molecule has 16 heavy (non-hydrogen) atoms. The predicted octanol–water partition coefficient (Wildman–Crippen LogP) is 1.72. The first-order chi connectivity index (χ1) is 7.52. The number of hydrogen-bond donors (Lipinski definition) is 1. The molecule has 1 N–H and O–H groups in total. The zero-order valence-electron chi connectivity index (χ0n) is 9.26. The second-order valence-electron chi connectivity index (χ2n) is 3.66. The molecule has 0 radical (unpaired) electrons. The summed E-state index contributed by atoms with van der Waals surface area (Å²) in [7, 11) is 3.83. The molecule has 1 aromatic carbocycles. The van der Waals surface area contributed by atoms with E-state index in [0.29, 0.717) is 10.1 Å². The van der Waals surface area contributed by atoms with Crippen LogP contribution >= 0.6 is 22.6 Å². The van der Waals surface area contributed by atoms with Gasteiger partial charge in [0.2, 0.25) is 0 Å². The van der Waals surface area contributed by atoms with E-state index >= 15 is 0 Å². The van der Waals surface area contributed by atoms with Gasteiger partial charge in [-0.2, -0.15) is 0 Å².